The zero-order valence-corrected chi connectivity index (χ0v) is 11.9. The fraction of sp³-hybridized carbons (Fsp3) is 0.250. The fourth-order valence-electron chi connectivity index (χ4n) is 1.96. The monoisotopic (exact) mass is 273 g/mol. The number of thioether (sulfide) groups is 1. The van der Waals surface area contributed by atoms with Crippen LogP contribution in [0.15, 0.2) is 59.5 Å². The first-order chi connectivity index (χ1) is 9.33. The van der Waals surface area contributed by atoms with Crippen LogP contribution in [0.4, 0.5) is 0 Å². The standard InChI is InChI=1S/C16H19NOS/c1-19-15-9-7-13(8-10-15)11-17-16(12-18)14-5-3-2-4-6-14/h2-10,16-18H,11-12H2,1H3/t16-/m0/s1. The molecule has 0 heterocycles. The molecule has 0 amide bonds. The first-order valence-corrected chi connectivity index (χ1v) is 7.58. The minimum absolute atomic E-state index is 0.0126. The van der Waals surface area contributed by atoms with Gasteiger partial charge in [0.25, 0.3) is 0 Å². The van der Waals surface area contributed by atoms with Crippen LogP contribution in [0.2, 0.25) is 0 Å². The third-order valence-corrected chi connectivity index (χ3v) is 3.84. The SMILES string of the molecule is CSc1ccc(CN[C@@H](CO)c2ccccc2)cc1. The second-order valence-corrected chi connectivity index (χ2v) is 5.25. The van der Waals surface area contributed by atoms with E-state index in [2.05, 4.69) is 35.8 Å². The highest BCUT2D eigenvalue weighted by Gasteiger charge is 2.08. The largest absolute Gasteiger partial charge is 0.394 e. The van der Waals surface area contributed by atoms with Crippen molar-refractivity contribution in [3.05, 3.63) is 65.7 Å². The highest BCUT2D eigenvalue weighted by molar-refractivity contribution is 7.98. The van der Waals surface area contributed by atoms with Crippen molar-refractivity contribution in [2.75, 3.05) is 12.9 Å². The van der Waals surface area contributed by atoms with Crippen LogP contribution in [0.25, 0.3) is 0 Å². The molecule has 0 aliphatic heterocycles. The first-order valence-electron chi connectivity index (χ1n) is 6.35. The summed E-state index contributed by atoms with van der Waals surface area (Å²) in [7, 11) is 0. The molecule has 0 aromatic heterocycles. The van der Waals surface area contributed by atoms with Crippen molar-refractivity contribution in [2.24, 2.45) is 0 Å². The highest BCUT2D eigenvalue weighted by atomic mass is 32.2. The second kappa shape index (κ2) is 7.34. The molecule has 2 aromatic rings. The zero-order valence-electron chi connectivity index (χ0n) is 11.0. The van der Waals surface area contributed by atoms with Crippen LogP contribution in [0.3, 0.4) is 0 Å². The summed E-state index contributed by atoms with van der Waals surface area (Å²) < 4.78 is 0. The van der Waals surface area contributed by atoms with Crippen LogP contribution in [0, 0.1) is 0 Å². The molecule has 2 N–H and O–H groups in total. The van der Waals surface area contributed by atoms with E-state index in [9.17, 15) is 5.11 Å². The topological polar surface area (TPSA) is 32.3 Å². The van der Waals surface area contributed by atoms with Crippen molar-refractivity contribution in [2.45, 2.75) is 17.5 Å². The van der Waals surface area contributed by atoms with E-state index in [-0.39, 0.29) is 12.6 Å². The fourth-order valence-corrected chi connectivity index (χ4v) is 2.37. The number of nitrogens with one attached hydrogen (secondary N) is 1. The van der Waals surface area contributed by atoms with E-state index in [1.807, 2.05) is 30.3 Å². The third kappa shape index (κ3) is 4.10. The molecule has 0 spiro atoms. The minimum Gasteiger partial charge on any atom is -0.394 e. The normalized spacial score (nSPS) is 12.3. The lowest BCUT2D eigenvalue weighted by atomic mass is 10.1. The molecule has 0 fully saturated rings. The number of hydrogen-bond donors (Lipinski definition) is 2. The summed E-state index contributed by atoms with van der Waals surface area (Å²) in [6.07, 6.45) is 2.07. The van der Waals surface area contributed by atoms with E-state index in [0.717, 1.165) is 12.1 Å². The Labute approximate surface area is 118 Å². The van der Waals surface area contributed by atoms with Crippen molar-refractivity contribution in [3.63, 3.8) is 0 Å². The minimum atomic E-state index is -0.0126. The summed E-state index contributed by atoms with van der Waals surface area (Å²) in [6.45, 7) is 0.863. The van der Waals surface area contributed by atoms with E-state index in [0.29, 0.717) is 0 Å². The van der Waals surface area contributed by atoms with Crippen LogP contribution in [0.5, 0.6) is 0 Å². The molecular weight excluding hydrogens is 254 g/mol. The van der Waals surface area contributed by atoms with Crippen LogP contribution >= 0.6 is 11.8 Å². The molecule has 0 radical (unpaired) electrons. The Morgan fingerprint density at radius 2 is 1.74 bits per heavy atom. The van der Waals surface area contributed by atoms with Crippen LogP contribution in [-0.2, 0) is 6.54 Å². The molecule has 3 heteroatoms. The zero-order chi connectivity index (χ0) is 13.5. The summed E-state index contributed by atoms with van der Waals surface area (Å²) in [5.74, 6) is 0. The molecule has 0 bridgehead atoms. The van der Waals surface area contributed by atoms with E-state index < -0.39 is 0 Å². The van der Waals surface area contributed by atoms with Crippen molar-refractivity contribution in [1.29, 1.82) is 0 Å². The third-order valence-electron chi connectivity index (χ3n) is 3.10. The molecule has 0 saturated carbocycles. The quantitative estimate of drug-likeness (QED) is 0.793. The van der Waals surface area contributed by atoms with Crippen LogP contribution in [-0.4, -0.2) is 18.0 Å². The Kier molecular flexibility index (Phi) is 5.45. The van der Waals surface area contributed by atoms with E-state index in [1.165, 1.54) is 10.5 Å². The van der Waals surface area contributed by atoms with Crippen molar-refractivity contribution in [1.82, 2.24) is 5.32 Å². The van der Waals surface area contributed by atoms with Gasteiger partial charge in [-0.2, -0.15) is 0 Å². The lowest BCUT2D eigenvalue weighted by Gasteiger charge is -2.16. The van der Waals surface area contributed by atoms with Crippen molar-refractivity contribution < 1.29 is 5.11 Å². The molecule has 100 valence electrons. The number of rotatable bonds is 6. The number of hydrogen-bond acceptors (Lipinski definition) is 3. The smallest absolute Gasteiger partial charge is 0.0626 e. The van der Waals surface area contributed by atoms with Gasteiger partial charge in [-0.05, 0) is 29.5 Å². The van der Waals surface area contributed by atoms with Gasteiger partial charge in [-0.25, -0.2) is 0 Å². The molecular formula is C16H19NOS. The maximum atomic E-state index is 9.47. The van der Waals surface area contributed by atoms with E-state index in [4.69, 9.17) is 0 Å². The molecule has 1 atom stereocenters. The van der Waals surface area contributed by atoms with Gasteiger partial charge in [0.2, 0.25) is 0 Å². The van der Waals surface area contributed by atoms with Crippen LogP contribution in [0.1, 0.15) is 17.2 Å². The molecule has 2 rings (SSSR count). The lowest BCUT2D eigenvalue weighted by molar-refractivity contribution is 0.243. The predicted octanol–water partition coefficient (Wildman–Crippen LogP) is 3.23. The van der Waals surface area contributed by atoms with E-state index >= 15 is 0 Å². The van der Waals surface area contributed by atoms with E-state index in [1.54, 1.807) is 11.8 Å². The van der Waals surface area contributed by atoms with Gasteiger partial charge in [0.15, 0.2) is 0 Å². The summed E-state index contributed by atoms with van der Waals surface area (Å²) in [5, 5.41) is 12.9. The van der Waals surface area contributed by atoms with Gasteiger partial charge in [-0.15, -0.1) is 11.8 Å². The Hall–Kier alpha value is -1.29. The Bertz CT molecular complexity index is 484. The Morgan fingerprint density at radius 3 is 2.32 bits per heavy atom. The maximum Gasteiger partial charge on any atom is 0.0626 e. The molecule has 0 aliphatic rings. The molecule has 0 saturated heterocycles. The molecule has 0 aliphatic carbocycles. The van der Waals surface area contributed by atoms with Gasteiger partial charge in [0.1, 0.15) is 0 Å². The Balaban J connectivity index is 1.96. The summed E-state index contributed by atoms with van der Waals surface area (Å²) in [4.78, 5) is 1.27. The van der Waals surface area contributed by atoms with Crippen molar-refractivity contribution >= 4 is 11.8 Å². The molecule has 2 aromatic carbocycles. The summed E-state index contributed by atoms with van der Waals surface area (Å²) in [6, 6.07) is 18.5. The number of aliphatic hydroxyl groups is 1. The summed E-state index contributed by atoms with van der Waals surface area (Å²) >= 11 is 1.74. The van der Waals surface area contributed by atoms with Crippen molar-refractivity contribution in [3.8, 4) is 0 Å². The molecule has 19 heavy (non-hydrogen) atoms. The average molecular weight is 273 g/mol. The lowest BCUT2D eigenvalue weighted by Crippen LogP contribution is -2.23. The average Bonchev–Trinajstić information content (AvgIpc) is 2.49. The van der Waals surface area contributed by atoms with Gasteiger partial charge in [-0.3, -0.25) is 0 Å². The van der Waals surface area contributed by atoms with Gasteiger partial charge in [0.05, 0.1) is 12.6 Å². The first kappa shape index (κ1) is 14.1. The van der Waals surface area contributed by atoms with Gasteiger partial charge >= 0.3 is 0 Å². The van der Waals surface area contributed by atoms with Gasteiger partial charge < -0.3 is 10.4 Å². The predicted molar refractivity (Wildman–Crippen MR) is 81.3 cm³/mol. The Morgan fingerprint density at radius 1 is 1.05 bits per heavy atom. The summed E-state index contributed by atoms with van der Waals surface area (Å²) in [5.41, 5.74) is 2.35. The number of benzene rings is 2. The maximum absolute atomic E-state index is 9.47. The van der Waals surface area contributed by atoms with Gasteiger partial charge in [0, 0.05) is 11.4 Å². The molecule has 2 nitrogen and oxygen atoms in total. The van der Waals surface area contributed by atoms with Gasteiger partial charge in [-0.1, -0.05) is 42.5 Å². The second-order valence-electron chi connectivity index (χ2n) is 4.37. The molecule has 0 unspecified atom stereocenters. The van der Waals surface area contributed by atoms with Crippen LogP contribution < -0.4 is 5.32 Å². The highest BCUT2D eigenvalue weighted by Crippen LogP contribution is 2.16. The number of aliphatic hydroxyl groups excluding tert-OH is 1.